The highest BCUT2D eigenvalue weighted by molar-refractivity contribution is 8.13. The van der Waals surface area contributed by atoms with E-state index in [1.807, 2.05) is 11.8 Å². The second-order valence-corrected chi connectivity index (χ2v) is 10.3. The highest BCUT2D eigenvalue weighted by Crippen LogP contribution is 2.46. The van der Waals surface area contributed by atoms with E-state index >= 15 is 0 Å². The smallest absolute Gasteiger partial charge is 0.156 e. The number of hydrogen-bond donors (Lipinski definition) is 1. The number of aliphatic imine (C=N–C) groups is 1. The maximum absolute atomic E-state index is 4.92. The van der Waals surface area contributed by atoms with Gasteiger partial charge in [0.1, 0.15) is 0 Å². The van der Waals surface area contributed by atoms with Crippen molar-refractivity contribution in [3.8, 4) is 0 Å². The molecule has 2 fully saturated rings. The SMILES string of the molecule is CC1(C)CC(NC2=NCC3(CCCC3)CS2)CC(C)(C)C1. The second kappa shape index (κ2) is 5.47. The molecule has 1 aliphatic heterocycles. The van der Waals surface area contributed by atoms with Gasteiger partial charge in [-0.3, -0.25) is 4.99 Å². The summed E-state index contributed by atoms with van der Waals surface area (Å²) in [6.07, 6.45) is 9.54. The van der Waals surface area contributed by atoms with Crippen molar-refractivity contribution in [2.45, 2.75) is 78.7 Å². The van der Waals surface area contributed by atoms with Crippen LogP contribution in [0.1, 0.15) is 72.6 Å². The fourth-order valence-corrected chi connectivity index (χ4v) is 6.42. The molecule has 0 radical (unpaired) electrons. The lowest BCUT2D eigenvalue weighted by Gasteiger charge is -2.45. The lowest BCUT2D eigenvalue weighted by Crippen LogP contribution is -2.46. The highest BCUT2D eigenvalue weighted by Gasteiger charge is 2.40. The normalized spacial score (nSPS) is 31.1. The van der Waals surface area contributed by atoms with E-state index in [1.165, 1.54) is 55.9 Å². The molecule has 0 amide bonds. The summed E-state index contributed by atoms with van der Waals surface area (Å²) in [6.45, 7) is 10.8. The van der Waals surface area contributed by atoms with Crippen LogP contribution in [0.3, 0.4) is 0 Å². The van der Waals surface area contributed by atoms with E-state index in [0.29, 0.717) is 22.3 Å². The van der Waals surface area contributed by atoms with Crippen LogP contribution in [-0.4, -0.2) is 23.5 Å². The topological polar surface area (TPSA) is 24.4 Å². The lowest BCUT2D eigenvalue weighted by molar-refractivity contribution is 0.0924. The Morgan fingerprint density at radius 1 is 1.05 bits per heavy atom. The highest BCUT2D eigenvalue weighted by atomic mass is 32.2. The summed E-state index contributed by atoms with van der Waals surface area (Å²) in [4.78, 5) is 4.92. The molecule has 0 aromatic carbocycles. The summed E-state index contributed by atoms with van der Waals surface area (Å²) in [5.41, 5.74) is 1.46. The van der Waals surface area contributed by atoms with Gasteiger partial charge in [0.2, 0.25) is 0 Å². The largest absolute Gasteiger partial charge is 0.362 e. The van der Waals surface area contributed by atoms with E-state index in [9.17, 15) is 0 Å². The lowest BCUT2D eigenvalue weighted by atomic mass is 9.63. The summed E-state index contributed by atoms with van der Waals surface area (Å²) < 4.78 is 0. The van der Waals surface area contributed by atoms with Crippen LogP contribution >= 0.6 is 11.8 Å². The number of thioether (sulfide) groups is 1. The van der Waals surface area contributed by atoms with Gasteiger partial charge in [0, 0.05) is 18.3 Å². The quantitative estimate of drug-likeness (QED) is 0.749. The molecule has 2 nitrogen and oxygen atoms in total. The van der Waals surface area contributed by atoms with Gasteiger partial charge in [0.15, 0.2) is 5.17 Å². The van der Waals surface area contributed by atoms with Gasteiger partial charge in [0.05, 0.1) is 0 Å². The number of amidine groups is 1. The Labute approximate surface area is 134 Å². The first kappa shape index (κ1) is 15.7. The molecule has 3 aliphatic rings. The predicted molar refractivity (Wildman–Crippen MR) is 94.0 cm³/mol. The molecule has 1 N–H and O–H groups in total. The van der Waals surface area contributed by atoms with Crippen molar-refractivity contribution < 1.29 is 0 Å². The van der Waals surface area contributed by atoms with Crippen LogP contribution in [0.15, 0.2) is 4.99 Å². The van der Waals surface area contributed by atoms with E-state index < -0.39 is 0 Å². The minimum absolute atomic E-state index is 0.450. The standard InChI is InChI=1S/C18H32N2S/c1-16(2)9-14(10-17(3,4)11-16)20-15-19-12-18(13-21-15)7-5-6-8-18/h14H,5-13H2,1-4H3,(H,19,20). The maximum atomic E-state index is 4.92. The van der Waals surface area contributed by atoms with Gasteiger partial charge >= 0.3 is 0 Å². The maximum Gasteiger partial charge on any atom is 0.156 e. The molecule has 3 heteroatoms. The Morgan fingerprint density at radius 3 is 2.19 bits per heavy atom. The van der Waals surface area contributed by atoms with Crippen LogP contribution in [0.4, 0.5) is 0 Å². The first-order valence-electron chi connectivity index (χ1n) is 8.72. The van der Waals surface area contributed by atoms with Gasteiger partial charge in [-0.05, 0) is 48.3 Å². The second-order valence-electron chi connectivity index (χ2n) is 9.37. The molecule has 120 valence electrons. The summed E-state index contributed by atoms with van der Waals surface area (Å²) >= 11 is 1.99. The Hall–Kier alpha value is -0.180. The fraction of sp³-hybridized carbons (Fsp3) is 0.944. The van der Waals surface area contributed by atoms with Crippen molar-refractivity contribution in [1.82, 2.24) is 5.32 Å². The molecular formula is C18H32N2S. The zero-order valence-electron chi connectivity index (χ0n) is 14.3. The van der Waals surface area contributed by atoms with Crippen molar-refractivity contribution >= 4 is 16.9 Å². The van der Waals surface area contributed by atoms with Crippen molar-refractivity contribution in [2.24, 2.45) is 21.2 Å². The van der Waals surface area contributed by atoms with Gasteiger partial charge in [-0.25, -0.2) is 0 Å². The molecule has 0 aromatic rings. The summed E-state index contributed by atoms with van der Waals surface area (Å²) in [6, 6.07) is 0.604. The zero-order valence-corrected chi connectivity index (χ0v) is 15.1. The number of hydrogen-bond acceptors (Lipinski definition) is 3. The molecule has 1 heterocycles. The van der Waals surface area contributed by atoms with E-state index in [1.54, 1.807) is 0 Å². The summed E-state index contributed by atoms with van der Waals surface area (Å²) in [5.74, 6) is 1.29. The average molecular weight is 309 g/mol. The summed E-state index contributed by atoms with van der Waals surface area (Å²) in [5, 5.41) is 5.02. The Balaban J connectivity index is 1.60. The van der Waals surface area contributed by atoms with Crippen LogP contribution < -0.4 is 5.32 Å². The first-order valence-corrected chi connectivity index (χ1v) is 9.70. The number of nitrogens with zero attached hydrogens (tertiary/aromatic N) is 1. The molecule has 0 aromatic heterocycles. The molecule has 2 saturated carbocycles. The van der Waals surface area contributed by atoms with Crippen molar-refractivity contribution in [2.75, 3.05) is 12.3 Å². The average Bonchev–Trinajstić information content (AvgIpc) is 2.77. The molecule has 2 aliphatic carbocycles. The molecule has 1 spiro atoms. The van der Waals surface area contributed by atoms with E-state index in [0.717, 1.165) is 6.54 Å². The minimum Gasteiger partial charge on any atom is -0.362 e. The van der Waals surface area contributed by atoms with Crippen LogP contribution in [0.5, 0.6) is 0 Å². The van der Waals surface area contributed by atoms with Gasteiger partial charge in [-0.1, -0.05) is 52.3 Å². The number of rotatable bonds is 1. The molecule has 0 atom stereocenters. The van der Waals surface area contributed by atoms with Crippen LogP contribution in [0.25, 0.3) is 0 Å². The fourth-order valence-electron chi connectivity index (χ4n) is 5.19. The molecule has 0 saturated heterocycles. The minimum atomic E-state index is 0.450. The molecule has 0 unspecified atom stereocenters. The van der Waals surface area contributed by atoms with Crippen molar-refractivity contribution in [3.63, 3.8) is 0 Å². The number of nitrogens with one attached hydrogen (secondary N) is 1. The third-order valence-electron chi connectivity index (χ3n) is 5.62. The third kappa shape index (κ3) is 3.78. The van der Waals surface area contributed by atoms with Crippen LogP contribution in [0, 0.1) is 16.2 Å². The molecule has 0 bridgehead atoms. The zero-order chi connectivity index (χ0) is 15.1. The summed E-state index contributed by atoms with van der Waals surface area (Å²) in [7, 11) is 0. The molecule has 21 heavy (non-hydrogen) atoms. The third-order valence-corrected chi connectivity index (χ3v) is 6.90. The van der Waals surface area contributed by atoms with E-state index in [-0.39, 0.29) is 0 Å². The van der Waals surface area contributed by atoms with Crippen molar-refractivity contribution in [1.29, 1.82) is 0 Å². The predicted octanol–water partition coefficient (Wildman–Crippen LogP) is 4.84. The monoisotopic (exact) mass is 308 g/mol. The van der Waals surface area contributed by atoms with Gasteiger partial charge in [0.25, 0.3) is 0 Å². The Bertz CT molecular complexity index is 403. The first-order chi connectivity index (χ1) is 9.78. The van der Waals surface area contributed by atoms with Gasteiger partial charge in [-0.15, -0.1) is 0 Å². The van der Waals surface area contributed by atoms with E-state index in [2.05, 4.69) is 33.0 Å². The van der Waals surface area contributed by atoms with Crippen LogP contribution in [0.2, 0.25) is 0 Å². The van der Waals surface area contributed by atoms with Gasteiger partial charge < -0.3 is 5.32 Å². The molecule has 3 rings (SSSR count). The van der Waals surface area contributed by atoms with Gasteiger partial charge in [-0.2, -0.15) is 0 Å². The molecular weight excluding hydrogens is 276 g/mol. The van der Waals surface area contributed by atoms with Crippen molar-refractivity contribution in [3.05, 3.63) is 0 Å². The van der Waals surface area contributed by atoms with E-state index in [4.69, 9.17) is 4.99 Å². The Kier molecular flexibility index (Phi) is 4.09. The van der Waals surface area contributed by atoms with Crippen LogP contribution in [-0.2, 0) is 0 Å². The Morgan fingerprint density at radius 2 is 1.67 bits per heavy atom.